The summed E-state index contributed by atoms with van der Waals surface area (Å²) in [6.07, 6.45) is 3.85. The Balaban J connectivity index is 2.27. The number of ether oxygens (including phenoxy) is 1. The van der Waals surface area contributed by atoms with Gasteiger partial charge in [0.1, 0.15) is 6.10 Å². The second-order valence-electron chi connectivity index (χ2n) is 8.88. The molecule has 1 aromatic rings. The highest BCUT2D eigenvalue weighted by Crippen LogP contribution is 2.45. The molecule has 1 aromatic carbocycles. The molecule has 168 valence electrons. The van der Waals surface area contributed by atoms with Gasteiger partial charge in [-0.15, -0.1) is 0 Å². The maximum absolute atomic E-state index is 10.9. The Morgan fingerprint density at radius 2 is 1.83 bits per heavy atom. The summed E-state index contributed by atoms with van der Waals surface area (Å²) in [7, 11) is 1.57. The lowest BCUT2D eigenvalue weighted by Gasteiger charge is -2.56. The molecule has 1 fully saturated rings. The van der Waals surface area contributed by atoms with Crippen LogP contribution in [0.3, 0.4) is 0 Å². The van der Waals surface area contributed by atoms with Gasteiger partial charge in [0.2, 0.25) is 0 Å². The zero-order valence-electron chi connectivity index (χ0n) is 19.4. The highest BCUT2D eigenvalue weighted by Gasteiger charge is 2.50. The van der Waals surface area contributed by atoms with E-state index in [2.05, 4.69) is 51.8 Å². The van der Waals surface area contributed by atoms with E-state index >= 15 is 0 Å². The number of carbonyl (C=O) groups is 1. The normalized spacial score (nSPS) is 22.5. The van der Waals surface area contributed by atoms with E-state index < -0.39 is 5.97 Å². The molecule has 0 aliphatic carbocycles. The van der Waals surface area contributed by atoms with Crippen molar-refractivity contribution in [3.63, 3.8) is 0 Å². The second kappa shape index (κ2) is 10.4. The number of aliphatic imine (C=N–C) groups is 1. The summed E-state index contributed by atoms with van der Waals surface area (Å²) >= 11 is 0. The molecule has 0 amide bonds. The molecule has 1 saturated heterocycles. The molecule has 2 rings (SSSR count). The highest BCUT2D eigenvalue weighted by atomic mass is 16.7. The number of benzene rings is 1. The molecular weight excluding hydrogens is 380 g/mol. The van der Waals surface area contributed by atoms with Crippen LogP contribution in [0, 0.1) is 0 Å². The number of carboxylic acid groups (broad SMARTS) is 1. The Hall–Kier alpha value is -1.92. The average molecular weight is 419 g/mol. The van der Waals surface area contributed by atoms with Gasteiger partial charge < -0.3 is 9.84 Å². The van der Waals surface area contributed by atoms with Crippen molar-refractivity contribution in [1.29, 1.82) is 0 Å². The van der Waals surface area contributed by atoms with Crippen LogP contribution in [-0.4, -0.2) is 46.3 Å². The van der Waals surface area contributed by atoms with Crippen molar-refractivity contribution >= 4 is 11.9 Å². The summed E-state index contributed by atoms with van der Waals surface area (Å²) in [5.74, 6) is -0.319. The van der Waals surface area contributed by atoms with Crippen molar-refractivity contribution < 1.29 is 19.5 Å². The topological polar surface area (TPSA) is 71.4 Å². The van der Waals surface area contributed by atoms with Gasteiger partial charge in [-0.05, 0) is 52.0 Å². The molecule has 1 heterocycles. The summed E-state index contributed by atoms with van der Waals surface area (Å²) in [6.45, 7) is 10.9. The molecule has 6 nitrogen and oxygen atoms in total. The predicted octanol–water partition coefficient (Wildman–Crippen LogP) is 5.39. The van der Waals surface area contributed by atoms with Gasteiger partial charge in [0.15, 0.2) is 5.90 Å². The number of rotatable bonds is 9. The molecule has 6 heteroatoms. The minimum Gasteiger partial charge on any atom is -0.484 e. The minimum absolute atomic E-state index is 0.0271. The summed E-state index contributed by atoms with van der Waals surface area (Å²) < 4.78 is 5.40. The van der Waals surface area contributed by atoms with Crippen molar-refractivity contribution in [1.82, 2.24) is 5.06 Å². The third kappa shape index (κ3) is 5.82. The molecule has 0 bridgehead atoms. The van der Waals surface area contributed by atoms with E-state index in [0.717, 1.165) is 31.2 Å². The van der Waals surface area contributed by atoms with Crippen molar-refractivity contribution in [3.8, 4) is 0 Å². The molecule has 2 atom stereocenters. The largest absolute Gasteiger partial charge is 0.484 e. The standard InChI is InChI=1S/C24H38N2O4/c1-7-24(8-2)17-20(25-21(29-6)14-15-22(27)28)16-23(4,5)26(24)30-18(3)19-12-10-9-11-13-19/h9-13,18,20H,7-8,14-17H2,1-6H3,(H,27,28). The number of hydrogen-bond donors (Lipinski definition) is 1. The van der Waals surface area contributed by atoms with Crippen LogP contribution >= 0.6 is 0 Å². The van der Waals surface area contributed by atoms with E-state index in [0.29, 0.717) is 12.3 Å². The van der Waals surface area contributed by atoms with E-state index in [1.807, 2.05) is 18.2 Å². The molecular formula is C24H38N2O4. The van der Waals surface area contributed by atoms with Crippen LogP contribution in [0.4, 0.5) is 0 Å². The average Bonchev–Trinajstić information content (AvgIpc) is 2.72. The molecule has 1 aliphatic heterocycles. The fourth-order valence-corrected chi connectivity index (χ4v) is 4.65. The van der Waals surface area contributed by atoms with Gasteiger partial charge >= 0.3 is 5.97 Å². The van der Waals surface area contributed by atoms with Gasteiger partial charge in [-0.25, -0.2) is 0 Å². The lowest BCUT2D eigenvalue weighted by Crippen LogP contribution is -2.63. The van der Waals surface area contributed by atoms with Crippen molar-refractivity contribution in [3.05, 3.63) is 35.9 Å². The fourth-order valence-electron chi connectivity index (χ4n) is 4.65. The minimum atomic E-state index is -0.838. The smallest absolute Gasteiger partial charge is 0.303 e. The van der Waals surface area contributed by atoms with Crippen LogP contribution in [0.15, 0.2) is 35.3 Å². The maximum atomic E-state index is 10.9. The first-order valence-corrected chi connectivity index (χ1v) is 11.0. The van der Waals surface area contributed by atoms with Crippen LogP contribution in [0.5, 0.6) is 0 Å². The first-order valence-electron chi connectivity index (χ1n) is 11.0. The van der Waals surface area contributed by atoms with Gasteiger partial charge in [-0.2, -0.15) is 5.06 Å². The van der Waals surface area contributed by atoms with Gasteiger partial charge in [0, 0.05) is 17.5 Å². The van der Waals surface area contributed by atoms with Crippen LogP contribution in [0.1, 0.15) is 84.8 Å². The zero-order chi connectivity index (χ0) is 22.4. The first kappa shape index (κ1) is 24.4. The van der Waals surface area contributed by atoms with Crippen molar-refractivity contribution in [2.75, 3.05) is 7.11 Å². The van der Waals surface area contributed by atoms with Crippen LogP contribution in [-0.2, 0) is 14.4 Å². The molecule has 0 spiro atoms. The van der Waals surface area contributed by atoms with E-state index in [4.69, 9.17) is 19.7 Å². The Bertz CT molecular complexity index is 713. The van der Waals surface area contributed by atoms with Crippen LogP contribution < -0.4 is 0 Å². The van der Waals surface area contributed by atoms with E-state index in [1.54, 1.807) is 7.11 Å². The van der Waals surface area contributed by atoms with Gasteiger partial charge in [-0.3, -0.25) is 14.6 Å². The van der Waals surface area contributed by atoms with E-state index in [1.165, 1.54) is 0 Å². The predicted molar refractivity (Wildman–Crippen MR) is 120 cm³/mol. The number of carboxylic acids is 1. The van der Waals surface area contributed by atoms with Gasteiger partial charge in [-0.1, -0.05) is 44.2 Å². The number of nitrogens with zero attached hydrogens (tertiary/aromatic N) is 2. The zero-order valence-corrected chi connectivity index (χ0v) is 19.4. The van der Waals surface area contributed by atoms with Crippen molar-refractivity contribution in [2.45, 2.75) is 96.4 Å². The molecule has 0 radical (unpaired) electrons. The van der Waals surface area contributed by atoms with Crippen molar-refractivity contribution in [2.24, 2.45) is 4.99 Å². The molecule has 0 aromatic heterocycles. The first-order chi connectivity index (χ1) is 14.2. The highest BCUT2D eigenvalue weighted by molar-refractivity contribution is 5.80. The number of hydroxylamine groups is 2. The number of hydrogen-bond acceptors (Lipinski definition) is 5. The third-order valence-corrected chi connectivity index (χ3v) is 6.30. The third-order valence-electron chi connectivity index (χ3n) is 6.30. The van der Waals surface area contributed by atoms with Crippen LogP contribution in [0.25, 0.3) is 0 Å². The molecule has 0 saturated carbocycles. The van der Waals surface area contributed by atoms with E-state index in [9.17, 15) is 4.79 Å². The summed E-state index contributed by atoms with van der Waals surface area (Å²) in [5, 5.41) is 11.2. The maximum Gasteiger partial charge on any atom is 0.303 e. The Labute approximate surface area is 181 Å². The lowest BCUT2D eigenvalue weighted by atomic mass is 9.74. The van der Waals surface area contributed by atoms with E-state index in [-0.39, 0.29) is 29.6 Å². The molecule has 30 heavy (non-hydrogen) atoms. The number of methoxy groups -OCH3 is 1. The Morgan fingerprint density at radius 3 is 2.37 bits per heavy atom. The number of piperidine rings is 1. The summed E-state index contributed by atoms with van der Waals surface area (Å²) in [6, 6.07) is 10.4. The Kier molecular flexibility index (Phi) is 8.44. The SMILES string of the molecule is CCC1(CC)CC(N=C(CCC(=O)O)OC)CC(C)(C)N1OC(C)c1ccccc1. The summed E-state index contributed by atoms with van der Waals surface area (Å²) in [5.41, 5.74) is 0.780. The monoisotopic (exact) mass is 418 g/mol. The quantitative estimate of drug-likeness (QED) is 0.430. The molecule has 1 aliphatic rings. The fraction of sp³-hybridized carbons (Fsp3) is 0.667. The number of aliphatic carboxylic acids is 1. The molecule has 1 N–H and O–H groups in total. The van der Waals surface area contributed by atoms with Gasteiger partial charge in [0.25, 0.3) is 0 Å². The molecule has 2 unspecified atom stereocenters. The lowest BCUT2D eigenvalue weighted by molar-refractivity contribution is -0.315. The van der Waals surface area contributed by atoms with Crippen LogP contribution in [0.2, 0.25) is 0 Å². The van der Waals surface area contributed by atoms with Gasteiger partial charge in [0.05, 0.1) is 19.6 Å². The Morgan fingerprint density at radius 1 is 1.20 bits per heavy atom. The second-order valence-corrected chi connectivity index (χ2v) is 8.88. The summed E-state index contributed by atoms with van der Waals surface area (Å²) in [4.78, 5) is 22.4.